The van der Waals surface area contributed by atoms with Crippen LogP contribution in [0.4, 0.5) is 0 Å². The Morgan fingerprint density at radius 2 is 2.38 bits per heavy atom. The van der Waals surface area contributed by atoms with Crippen molar-refractivity contribution < 1.29 is 9.15 Å². The lowest BCUT2D eigenvalue weighted by Crippen LogP contribution is -1.94. The average Bonchev–Trinajstić information content (AvgIpc) is 2.69. The molecule has 0 atom stereocenters. The van der Waals surface area contributed by atoms with Gasteiger partial charge >= 0.3 is 0 Å². The van der Waals surface area contributed by atoms with E-state index in [4.69, 9.17) is 9.15 Å². The normalized spacial score (nSPS) is 9.85. The van der Waals surface area contributed by atoms with E-state index in [-0.39, 0.29) is 0 Å². The lowest BCUT2D eigenvalue weighted by molar-refractivity contribution is 0.260. The van der Waals surface area contributed by atoms with E-state index in [2.05, 4.69) is 11.2 Å². The molecule has 0 unspecified atom stereocenters. The molecule has 0 fully saturated rings. The van der Waals surface area contributed by atoms with Crippen LogP contribution in [0.5, 0.6) is 5.88 Å². The summed E-state index contributed by atoms with van der Waals surface area (Å²) < 4.78 is 10.3. The maximum absolute atomic E-state index is 5.33. The van der Waals surface area contributed by atoms with Crippen LogP contribution in [0.3, 0.4) is 0 Å². The molecule has 2 heterocycles. The molecule has 0 aliphatic carbocycles. The molecule has 0 bridgehead atoms. The summed E-state index contributed by atoms with van der Waals surface area (Å²) in [7, 11) is 0. The van der Waals surface area contributed by atoms with Gasteiger partial charge in [-0.15, -0.1) is 0 Å². The number of pyridine rings is 1. The number of rotatable bonds is 3. The van der Waals surface area contributed by atoms with Crippen LogP contribution < -0.4 is 4.74 Å². The number of furan rings is 1. The molecule has 0 saturated carbocycles. The zero-order valence-corrected chi connectivity index (χ0v) is 6.93. The van der Waals surface area contributed by atoms with Gasteiger partial charge in [-0.05, 0) is 18.2 Å². The van der Waals surface area contributed by atoms with Gasteiger partial charge in [0.15, 0.2) is 6.26 Å². The standard InChI is InChI=1S/C10H8NO2/c1-2-6-11-10(5-1)13-8-9-4-3-7-12-9/h1-6H,8H2. The average molecular weight is 174 g/mol. The van der Waals surface area contributed by atoms with Crippen molar-refractivity contribution in [3.8, 4) is 5.88 Å². The van der Waals surface area contributed by atoms with Crippen molar-refractivity contribution in [1.29, 1.82) is 0 Å². The molecule has 2 aromatic rings. The van der Waals surface area contributed by atoms with Crippen LogP contribution in [0.2, 0.25) is 0 Å². The van der Waals surface area contributed by atoms with Gasteiger partial charge in [0.2, 0.25) is 5.88 Å². The first-order valence-corrected chi connectivity index (χ1v) is 3.94. The molecule has 0 N–H and O–H groups in total. The maximum Gasteiger partial charge on any atom is 0.213 e. The van der Waals surface area contributed by atoms with Crippen molar-refractivity contribution in [2.24, 2.45) is 0 Å². The second-order valence-electron chi connectivity index (χ2n) is 2.48. The first-order chi connectivity index (χ1) is 6.45. The van der Waals surface area contributed by atoms with Gasteiger partial charge in [-0.25, -0.2) is 4.98 Å². The zero-order valence-electron chi connectivity index (χ0n) is 6.93. The molecular weight excluding hydrogens is 166 g/mol. The van der Waals surface area contributed by atoms with Gasteiger partial charge in [-0.1, -0.05) is 6.07 Å². The Hall–Kier alpha value is -1.77. The maximum atomic E-state index is 5.33. The summed E-state index contributed by atoms with van der Waals surface area (Å²) in [5, 5.41) is 0. The van der Waals surface area contributed by atoms with Crippen molar-refractivity contribution in [3.63, 3.8) is 0 Å². The fourth-order valence-electron chi connectivity index (χ4n) is 0.926. The highest BCUT2D eigenvalue weighted by Crippen LogP contribution is 2.07. The van der Waals surface area contributed by atoms with Crippen molar-refractivity contribution in [2.45, 2.75) is 6.61 Å². The second-order valence-corrected chi connectivity index (χ2v) is 2.48. The van der Waals surface area contributed by atoms with Gasteiger partial charge in [0.05, 0.1) is 0 Å². The number of ether oxygens (including phenoxy) is 1. The Kier molecular flexibility index (Phi) is 2.27. The van der Waals surface area contributed by atoms with Gasteiger partial charge in [0.1, 0.15) is 12.4 Å². The van der Waals surface area contributed by atoms with Crippen LogP contribution in [-0.4, -0.2) is 4.98 Å². The molecule has 1 radical (unpaired) electrons. The molecule has 3 nitrogen and oxygen atoms in total. The molecule has 2 aromatic heterocycles. The predicted octanol–water partition coefficient (Wildman–Crippen LogP) is 2.05. The fraction of sp³-hybridized carbons (Fsp3) is 0.100. The minimum absolute atomic E-state index is 0.389. The smallest absolute Gasteiger partial charge is 0.213 e. The Morgan fingerprint density at radius 1 is 1.38 bits per heavy atom. The molecule has 0 spiro atoms. The van der Waals surface area contributed by atoms with E-state index < -0.39 is 0 Å². The van der Waals surface area contributed by atoms with Crippen LogP contribution in [0, 0.1) is 6.26 Å². The Bertz CT molecular complexity index is 342. The number of hydrogen-bond acceptors (Lipinski definition) is 3. The van der Waals surface area contributed by atoms with E-state index in [1.807, 2.05) is 18.2 Å². The number of nitrogens with zero attached hydrogens (tertiary/aromatic N) is 1. The van der Waals surface area contributed by atoms with E-state index in [0.29, 0.717) is 12.5 Å². The summed E-state index contributed by atoms with van der Waals surface area (Å²) in [5.74, 6) is 1.34. The van der Waals surface area contributed by atoms with E-state index in [1.165, 1.54) is 0 Å². The van der Waals surface area contributed by atoms with E-state index in [1.54, 1.807) is 18.3 Å². The quantitative estimate of drug-likeness (QED) is 0.714. The lowest BCUT2D eigenvalue weighted by atomic mass is 10.5. The number of hydrogen-bond donors (Lipinski definition) is 0. The molecule has 0 aliphatic heterocycles. The SMILES string of the molecule is [c]1ccc(COc2ccccn2)o1. The lowest BCUT2D eigenvalue weighted by Gasteiger charge is -2.00. The Labute approximate surface area is 76.0 Å². The Morgan fingerprint density at radius 3 is 3.08 bits per heavy atom. The summed E-state index contributed by atoms with van der Waals surface area (Å²) in [4.78, 5) is 4.00. The highest BCUT2D eigenvalue weighted by atomic mass is 16.5. The van der Waals surface area contributed by atoms with Crippen molar-refractivity contribution in [1.82, 2.24) is 4.98 Å². The summed E-state index contributed by atoms with van der Waals surface area (Å²) in [6, 6.07) is 9.02. The van der Waals surface area contributed by atoms with E-state index in [0.717, 1.165) is 5.76 Å². The summed E-state index contributed by atoms with van der Waals surface area (Å²) in [6.07, 6.45) is 4.27. The molecule has 2 rings (SSSR count). The third kappa shape index (κ3) is 2.08. The summed E-state index contributed by atoms with van der Waals surface area (Å²) in [5.41, 5.74) is 0. The minimum atomic E-state index is 0.389. The molecule has 13 heavy (non-hydrogen) atoms. The monoisotopic (exact) mass is 174 g/mol. The largest absolute Gasteiger partial charge is 0.469 e. The van der Waals surface area contributed by atoms with Gasteiger partial charge in [-0.2, -0.15) is 0 Å². The molecule has 0 aliphatic rings. The third-order valence-corrected chi connectivity index (χ3v) is 1.53. The van der Waals surface area contributed by atoms with Crippen LogP contribution in [-0.2, 0) is 6.61 Å². The first kappa shape index (κ1) is 7.86. The van der Waals surface area contributed by atoms with E-state index >= 15 is 0 Å². The van der Waals surface area contributed by atoms with Crippen LogP contribution >= 0.6 is 0 Å². The fourth-order valence-corrected chi connectivity index (χ4v) is 0.926. The van der Waals surface area contributed by atoms with E-state index in [9.17, 15) is 0 Å². The molecule has 0 aromatic carbocycles. The zero-order chi connectivity index (χ0) is 8.93. The third-order valence-electron chi connectivity index (χ3n) is 1.53. The second kappa shape index (κ2) is 3.76. The summed E-state index contributed by atoms with van der Waals surface area (Å²) >= 11 is 0. The topological polar surface area (TPSA) is 35.3 Å². The highest BCUT2D eigenvalue weighted by Gasteiger charge is 1.97. The van der Waals surface area contributed by atoms with Gasteiger partial charge in [0, 0.05) is 12.3 Å². The van der Waals surface area contributed by atoms with Gasteiger partial charge < -0.3 is 9.15 Å². The summed E-state index contributed by atoms with van der Waals surface area (Å²) in [6.45, 7) is 0.389. The predicted molar refractivity (Wildman–Crippen MR) is 46.1 cm³/mol. The van der Waals surface area contributed by atoms with Crippen LogP contribution in [0.1, 0.15) is 5.76 Å². The van der Waals surface area contributed by atoms with Gasteiger partial charge in [-0.3, -0.25) is 0 Å². The molecule has 65 valence electrons. The molecule has 3 heteroatoms. The molecule has 0 saturated heterocycles. The molecule has 0 amide bonds. The highest BCUT2D eigenvalue weighted by molar-refractivity contribution is 5.09. The van der Waals surface area contributed by atoms with Crippen LogP contribution in [0.15, 0.2) is 40.9 Å². The van der Waals surface area contributed by atoms with Gasteiger partial charge in [0.25, 0.3) is 0 Å². The van der Waals surface area contributed by atoms with Crippen molar-refractivity contribution >= 4 is 0 Å². The minimum Gasteiger partial charge on any atom is -0.469 e. The van der Waals surface area contributed by atoms with Crippen molar-refractivity contribution in [3.05, 3.63) is 48.6 Å². The number of aromatic nitrogens is 1. The van der Waals surface area contributed by atoms with Crippen molar-refractivity contribution in [2.75, 3.05) is 0 Å². The molecular formula is C10H8NO2. The Balaban J connectivity index is 1.94. The van der Waals surface area contributed by atoms with Crippen LogP contribution in [0.25, 0.3) is 0 Å². The first-order valence-electron chi connectivity index (χ1n) is 3.94.